The Hall–Kier alpha value is -1.09. The topological polar surface area (TPSA) is 44.9 Å². The first-order chi connectivity index (χ1) is 8.81. The minimum absolute atomic E-state index is 0.181. The summed E-state index contributed by atoms with van der Waals surface area (Å²) in [6.45, 7) is 3.16. The highest BCUT2D eigenvalue weighted by atomic mass is 16.1. The van der Waals surface area contributed by atoms with Gasteiger partial charge in [0.1, 0.15) is 0 Å². The van der Waals surface area contributed by atoms with Crippen LogP contribution in [0.4, 0.5) is 0 Å². The van der Waals surface area contributed by atoms with E-state index in [1.54, 1.807) is 0 Å². The number of hydrogen-bond donors (Lipinski definition) is 2. The van der Waals surface area contributed by atoms with Crippen LogP contribution >= 0.6 is 0 Å². The van der Waals surface area contributed by atoms with Gasteiger partial charge in [0, 0.05) is 17.3 Å². The van der Waals surface area contributed by atoms with Crippen molar-refractivity contribution in [3.05, 3.63) is 32.7 Å². The molecule has 1 atom stereocenters. The molecule has 0 radical (unpaired) electrons. The smallest absolute Gasteiger partial charge is 0.251 e. The van der Waals surface area contributed by atoms with Crippen molar-refractivity contribution in [2.75, 3.05) is 6.54 Å². The zero-order chi connectivity index (χ0) is 12.5. The number of aromatic nitrogens is 1. The van der Waals surface area contributed by atoms with E-state index in [4.69, 9.17) is 0 Å². The van der Waals surface area contributed by atoms with E-state index in [2.05, 4.69) is 17.2 Å². The first-order valence-corrected chi connectivity index (χ1v) is 7.31. The predicted molar refractivity (Wildman–Crippen MR) is 73.1 cm³/mol. The lowest BCUT2D eigenvalue weighted by molar-refractivity contribution is 0.457. The molecule has 2 aliphatic rings. The van der Waals surface area contributed by atoms with Crippen LogP contribution < -0.4 is 10.9 Å². The van der Waals surface area contributed by atoms with Crippen LogP contribution in [0.15, 0.2) is 4.79 Å². The molecule has 1 aromatic rings. The third-order valence-electron chi connectivity index (χ3n) is 4.38. The summed E-state index contributed by atoms with van der Waals surface area (Å²) in [4.78, 5) is 15.3. The van der Waals surface area contributed by atoms with Gasteiger partial charge in [-0.2, -0.15) is 0 Å². The van der Waals surface area contributed by atoms with E-state index in [-0.39, 0.29) is 5.56 Å². The molecular formula is C15H22N2O. The lowest BCUT2D eigenvalue weighted by Crippen LogP contribution is -2.32. The molecular weight excluding hydrogens is 224 g/mol. The van der Waals surface area contributed by atoms with Crippen molar-refractivity contribution in [3.8, 4) is 0 Å². The monoisotopic (exact) mass is 246 g/mol. The van der Waals surface area contributed by atoms with Crippen LogP contribution in [0.2, 0.25) is 0 Å². The van der Waals surface area contributed by atoms with E-state index in [0.29, 0.717) is 6.04 Å². The maximum Gasteiger partial charge on any atom is 0.251 e. The Kier molecular flexibility index (Phi) is 3.25. The van der Waals surface area contributed by atoms with E-state index in [1.165, 1.54) is 42.5 Å². The van der Waals surface area contributed by atoms with Gasteiger partial charge in [-0.25, -0.2) is 0 Å². The van der Waals surface area contributed by atoms with E-state index < -0.39 is 0 Å². The van der Waals surface area contributed by atoms with Gasteiger partial charge in [-0.1, -0.05) is 6.92 Å². The second kappa shape index (κ2) is 4.88. The first-order valence-electron chi connectivity index (χ1n) is 7.31. The van der Waals surface area contributed by atoms with Crippen LogP contribution in [-0.2, 0) is 19.3 Å². The molecule has 0 aliphatic heterocycles. The first kappa shape index (κ1) is 12.0. The van der Waals surface area contributed by atoms with Gasteiger partial charge in [0.05, 0.1) is 0 Å². The van der Waals surface area contributed by atoms with Crippen molar-refractivity contribution in [2.24, 2.45) is 0 Å². The minimum Gasteiger partial charge on any atom is -0.326 e. The van der Waals surface area contributed by atoms with Gasteiger partial charge in [-0.3, -0.25) is 4.79 Å². The number of pyridine rings is 1. The van der Waals surface area contributed by atoms with E-state index in [9.17, 15) is 4.79 Å². The zero-order valence-corrected chi connectivity index (χ0v) is 11.1. The summed E-state index contributed by atoms with van der Waals surface area (Å²) in [6.07, 6.45) is 7.90. The highest BCUT2D eigenvalue weighted by Crippen LogP contribution is 2.34. The summed E-state index contributed by atoms with van der Waals surface area (Å²) in [5.74, 6) is 0. The average molecular weight is 246 g/mol. The predicted octanol–water partition coefficient (Wildman–Crippen LogP) is 2.24. The Labute approximate surface area is 108 Å². The highest BCUT2D eigenvalue weighted by Gasteiger charge is 2.27. The molecule has 0 amide bonds. The number of hydrogen-bond acceptors (Lipinski definition) is 2. The molecule has 1 aromatic heterocycles. The summed E-state index contributed by atoms with van der Waals surface area (Å²) in [5, 5.41) is 3.59. The van der Waals surface area contributed by atoms with Crippen molar-refractivity contribution in [3.63, 3.8) is 0 Å². The largest absolute Gasteiger partial charge is 0.326 e. The maximum absolute atomic E-state index is 12.1. The van der Waals surface area contributed by atoms with Crippen LogP contribution in [0.5, 0.6) is 0 Å². The molecule has 3 rings (SSSR count). The zero-order valence-electron chi connectivity index (χ0n) is 11.1. The molecule has 0 saturated carbocycles. The van der Waals surface area contributed by atoms with Gasteiger partial charge in [0.25, 0.3) is 5.56 Å². The Morgan fingerprint density at radius 1 is 1.17 bits per heavy atom. The van der Waals surface area contributed by atoms with Gasteiger partial charge in [-0.05, 0) is 62.6 Å². The highest BCUT2D eigenvalue weighted by molar-refractivity contribution is 5.41. The van der Waals surface area contributed by atoms with Gasteiger partial charge >= 0.3 is 0 Å². The summed E-state index contributed by atoms with van der Waals surface area (Å²) < 4.78 is 0. The minimum atomic E-state index is 0.181. The van der Waals surface area contributed by atoms with Crippen LogP contribution in [0, 0.1) is 0 Å². The molecule has 2 N–H and O–H groups in total. The summed E-state index contributed by atoms with van der Waals surface area (Å²) >= 11 is 0. The molecule has 1 unspecified atom stereocenters. The summed E-state index contributed by atoms with van der Waals surface area (Å²) in [6, 6.07) is 0.461. The fourth-order valence-corrected chi connectivity index (χ4v) is 3.61. The molecule has 0 saturated heterocycles. The second-order valence-corrected chi connectivity index (χ2v) is 5.51. The maximum atomic E-state index is 12.1. The van der Waals surface area contributed by atoms with Crippen LogP contribution in [0.3, 0.4) is 0 Å². The van der Waals surface area contributed by atoms with Crippen LogP contribution in [0.1, 0.15) is 61.0 Å². The van der Waals surface area contributed by atoms with Crippen LogP contribution in [0.25, 0.3) is 0 Å². The molecule has 3 nitrogen and oxygen atoms in total. The number of rotatable bonds is 2. The molecule has 0 spiro atoms. The van der Waals surface area contributed by atoms with Crippen molar-refractivity contribution >= 4 is 0 Å². The van der Waals surface area contributed by atoms with Gasteiger partial charge < -0.3 is 10.3 Å². The van der Waals surface area contributed by atoms with Crippen molar-refractivity contribution < 1.29 is 0 Å². The third-order valence-corrected chi connectivity index (χ3v) is 4.38. The molecule has 2 aliphatic carbocycles. The SMILES string of the molecule is CCNC1CCCc2[nH]c(=O)c3c(c21)CCCC3. The Morgan fingerprint density at radius 3 is 2.72 bits per heavy atom. The molecule has 0 bridgehead atoms. The average Bonchev–Trinajstić information content (AvgIpc) is 2.39. The van der Waals surface area contributed by atoms with E-state index in [1.807, 2.05) is 0 Å². The Bertz CT molecular complexity index is 504. The third kappa shape index (κ3) is 1.91. The second-order valence-electron chi connectivity index (χ2n) is 5.51. The molecule has 1 heterocycles. The van der Waals surface area contributed by atoms with Crippen LogP contribution in [-0.4, -0.2) is 11.5 Å². The molecule has 0 aromatic carbocycles. The van der Waals surface area contributed by atoms with Crippen molar-refractivity contribution in [1.82, 2.24) is 10.3 Å². The van der Waals surface area contributed by atoms with Crippen molar-refractivity contribution in [2.45, 2.75) is 57.9 Å². The quantitative estimate of drug-likeness (QED) is 0.840. The fraction of sp³-hybridized carbons (Fsp3) is 0.667. The number of aryl methyl sites for hydroxylation is 1. The number of H-pyrrole nitrogens is 1. The number of aromatic amines is 1. The summed E-state index contributed by atoms with van der Waals surface area (Å²) in [5.41, 5.74) is 5.28. The van der Waals surface area contributed by atoms with Gasteiger partial charge in [0.2, 0.25) is 0 Å². The van der Waals surface area contributed by atoms with Crippen molar-refractivity contribution in [1.29, 1.82) is 0 Å². The van der Waals surface area contributed by atoms with Gasteiger partial charge in [-0.15, -0.1) is 0 Å². The normalized spacial score (nSPS) is 22.4. The Balaban J connectivity index is 2.14. The lowest BCUT2D eigenvalue weighted by Gasteiger charge is -2.31. The van der Waals surface area contributed by atoms with E-state index in [0.717, 1.165) is 31.4 Å². The number of fused-ring (bicyclic) bond motifs is 3. The molecule has 18 heavy (non-hydrogen) atoms. The van der Waals surface area contributed by atoms with Gasteiger partial charge in [0.15, 0.2) is 0 Å². The summed E-state index contributed by atoms with van der Waals surface area (Å²) in [7, 11) is 0. The number of nitrogens with one attached hydrogen (secondary N) is 2. The van der Waals surface area contributed by atoms with E-state index >= 15 is 0 Å². The molecule has 3 heteroatoms. The Morgan fingerprint density at radius 2 is 1.94 bits per heavy atom. The molecule has 98 valence electrons. The lowest BCUT2D eigenvalue weighted by atomic mass is 9.81. The standard InChI is InChI=1S/C15H22N2O/c1-2-16-12-8-5-9-13-14(12)10-6-3-4-7-11(10)15(18)17-13/h12,16H,2-9H2,1H3,(H,17,18). The fourth-order valence-electron chi connectivity index (χ4n) is 3.61. The molecule has 0 fully saturated rings.